The zero-order valence-electron chi connectivity index (χ0n) is 8.66. The molecule has 0 aromatic rings. The Morgan fingerprint density at radius 1 is 1.36 bits per heavy atom. The highest BCUT2D eigenvalue weighted by Crippen LogP contribution is 2.32. The van der Waals surface area contributed by atoms with Gasteiger partial charge < -0.3 is 14.9 Å². The Bertz CT molecular complexity index is 278. The number of aliphatic hydroxyl groups is 1. The number of hydrogen-bond acceptors (Lipinski definition) is 2. The minimum absolute atomic E-state index is 0.0638. The van der Waals surface area contributed by atoms with Gasteiger partial charge in [0, 0.05) is 27.2 Å². The molecule has 78 valence electrons. The van der Waals surface area contributed by atoms with Crippen LogP contribution in [0.1, 0.15) is 12.8 Å². The number of hydrogen-bond donors (Lipinski definition) is 1. The maximum Gasteiger partial charge on any atom is 0.320 e. The smallest absolute Gasteiger partial charge is 0.320 e. The summed E-state index contributed by atoms with van der Waals surface area (Å²) < 4.78 is 0. The molecule has 4 nitrogen and oxygen atoms in total. The van der Waals surface area contributed by atoms with Crippen LogP contribution in [0.4, 0.5) is 4.79 Å². The third-order valence-electron chi connectivity index (χ3n) is 2.88. The molecule has 0 bridgehead atoms. The zero-order chi connectivity index (χ0) is 10.3. The monoisotopic (exact) mass is 196 g/mol. The average molecular weight is 196 g/mol. The highest BCUT2D eigenvalue weighted by molar-refractivity contribution is 5.75. The lowest BCUT2D eigenvalue weighted by atomic mass is 10.2. The first-order valence-corrected chi connectivity index (χ1v) is 4.92. The van der Waals surface area contributed by atoms with Gasteiger partial charge in [0.05, 0.1) is 6.10 Å². The van der Waals surface area contributed by atoms with Gasteiger partial charge in [0.15, 0.2) is 0 Å². The molecule has 0 aromatic carbocycles. The average Bonchev–Trinajstić information content (AvgIpc) is 2.59. The van der Waals surface area contributed by atoms with Crippen molar-refractivity contribution in [2.45, 2.75) is 18.9 Å². The van der Waals surface area contributed by atoms with Crippen molar-refractivity contribution in [2.24, 2.45) is 0 Å². The number of carbonyl (C=O) groups excluding carboxylic acids is 1. The molecule has 4 heteroatoms. The standard InChI is InChI=1S/C10H16N2O2/c1-11(2)10(14)12-5-7-3-9(13)4-8(7)6-12/h9,13H,3-6H2,1-2H3. The quantitative estimate of drug-likeness (QED) is 0.571. The van der Waals surface area contributed by atoms with Crippen LogP contribution in [0.25, 0.3) is 0 Å². The molecule has 2 amide bonds. The van der Waals surface area contributed by atoms with Crippen LogP contribution in [-0.2, 0) is 0 Å². The van der Waals surface area contributed by atoms with Crippen molar-refractivity contribution in [2.75, 3.05) is 27.2 Å². The summed E-state index contributed by atoms with van der Waals surface area (Å²) in [7, 11) is 3.53. The first-order valence-electron chi connectivity index (χ1n) is 4.92. The van der Waals surface area contributed by atoms with Gasteiger partial charge >= 0.3 is 6.03 Å². The van der Waals surface area contributed by atoms with E-state index in [1.807, 2.05) is 4.90 Å². The first-order chi connectivity index (χ1) is 6.58. The van der Waals surface area contributed by atoms with E-state index in [4.69, 9.17) is 0 Å². The van der Waals surface area contributed by atoms with Crippen molar-refractivity contribution >= 4 is 6.03 Å². The molecule has 1 N–H and O–H groups in total. The summed E-state index contributed by atoms with van der Waals surface area (Å²) in [5.41, 5.74) is 2.54. The second kappa shape index (κ2) is 3.28. The van der Waals surface area contributed by atoms with Crippen LogP contribution in [-0.4, -0.2) is 54.2 Å². The van der Waals surface area contributed by atoms with Gasteiger partial charge in [-0.05, 0) is 24.0 Å². The molecule has 0 saturated heterocycles. The van der Waals surface area contributed by atoms with Crippen LogP contribution in [0.2, 0.25) is 0 Å². The minimum atomic E-state index is -0.198. The molecule has 1 aliphatic carbocycles. The molecular formula is C10H16N2O2. The van der Waals surface area contributed by atoms with Crippen molar-refractivity contribution in [3.8, 4) is 0 Å². The van der Waals surface area contributed by atoms with E-state index in [9.17, 15) is 9.90 Å². The number of urea groups is 1. The van der Waals surface area contributed by atoms with E-state index in [1.54, 1.807) is 19.0 Å². The second-order valence-electron chi connectivity index (χ2n) is 4.30. The minimum Gasteiger partial charge on any atom is -0.392 e. The maximum atomic E-state index is 11.6. The van der Waals surface area contributed by atoms with E-state index >= 15 is 0 Å². The third kappa shape index (κ3) is 1.50. The van der Waals surface area contributed by atoms with Crippen LogP contribution in [0.15, 0.2) is 11.1 Å². The summed E-state index contributed by atoms with van der Waals surface area (Å²) >= 11 is 0. The molecule has 2 aliphatic rings. The molecule has 0 aromatic heterocycles. The second-order valence-corrected chi connectivity index (χ2v) is 4.30. The van der Waals surface area contributed by atoms with Gasteiger partial charge in [-0.15, -0.1) is 0 Å². The fraction of sp³-hybridized carbons (Fsp3) is 0.700. The summed E-state index contributed by atoms with van der Waals surface area (Å²) in [5, 5.41) is 9.41. The molecule has 0 spiro atoms. The van der Waals surface area contributed by atoms with Gasteiger partial charge in [0.1, 0.15) is 0 Å². The largest absolute Gasteiger partial charge is 0.392 e. The molecule has 14 heavy (non-hydrogen) atoms. The predicted molar refractivity (Wildman–Crippen MR) is 52.9 cm³/mol. The van der Waals surface area contributed by atoms with E-state index in [0.717, 1.165) is 12.8 Å². The highest BCUT2D eigenvalue weighted by atomic mass is 16.3. The van der Waals surface area contributed by atoms with Gasteiger partial charge in [0.2, 0.25) is 0 Å². The summed E-state index contributed by atoms with van der Waals surface area (Å²) in [6, 6.07) is 0.0638. The molecule has 0 atom stereocenters. The third-order valence-corrected chi connectivity index (χ3v) is 2.88. The lowest BCUT2D eigenvalue weighted by molar-refractivity contribution is 0.166. The SMILES string of the molecule is CN(C)C(=O)N1CC2=C(CC(O)C2)C1. The van der Waals surface area contributed by atoms with E-state index in [-0.39, 0.29) is 12.1 Å². The predicted octanol–water partition coefficient (Wildman–Crippen LogP) is 0.435. The molecule has 0 radical (unpaired) electrons. The summed E-state index contributed by atoms with van der Waals surface area (Å²) in [4.78, 5) is 15.0. The normalized spacial score (nSPS) is 21.8. The Hall–Kier alpha value is -1.03. The molecular weight excluding hydrogens is 180 g/mol. The number of carbonyl (C=O) groups is 1. The van der Waals surface area contributed by atoms with Gasteiger partial charge in [-0.3, -0.25) is 0 Å². The lowest BCUT2D eigenvalue weighted by Crippen LogP contribution is -2.38. The molecule has 0 saturated carbocycles. The Morgan fingerprint density at radius 2 is 1.86 bits per heavy atom. The number of aliphatic hydroxyl groups excluding tert-OH is 1. The molecule has 1 heterocycles. The van der Waals surface area contributed by atoms with E-state index in [1.165, 1.54) is 11.1 Å². The van der Waals surface area contributed by atoms with Gasteiger partial charge in [-0.25, -0.2) is 4.79 Å². The van der Waals surface area contributed by atoms with Crippen molar-refractivity contribution in [1.29, 1.82) is 0 Å². The fourth-order valence-corrected chi connectivity index (χ4v) is 2.22. The Kier molecular flexibility index (Phi) is 2.23. The topological polar surface area (TPSA) is 43.8 Å². The number of likely N-dealkylation sites (tertiary alicyclic amines) is 1. The maximum absolute atomic E-state index is 11.6. The van der Waals surface area contributed by atoms with Crippen molar-refractivity contribution < 1.29 is 9.90 Å². The summed E-state index contributed by atoms with van der Waals surface area (Å²) in [6.45, 7) is 1.42. The van der Waals surface area contributed by atoms with Crippen LogP contribution in [0.3, 0.4) is 0 Å². The zero-order valence-corrected chi connectivity index (χ0v) is 8.66. The Balaban J connectivity index is 1.98. The first kappa shape index (κ1) is 9.52. The van der Waals surface area contributed by atoms with Gasteiger partial charge in [-0.2, -0.15) is 0 Å². The number of amides is 2. The van der Waals surface area contributed by atoms with Gasteiger partial charge in [-0.1, -0.05) is 0 Å². The van der Waals surface area contributed by atoms with E-state index < -0.39 is 0 Å². The van der Waals surface area contributed by atoms with Crippen molar-refractivity contribution in [3.05, 3.63) is 11.1 Å². The van der Waals surface area contributed by atoms with Crippen LogP contribution in [0, 0.1) is 0 Å². The molecule has 0 fully saturated rings. The number of rotatable bonds is 0. The van der Waals surface area contributed by atoms with Crippen LogP contribution >= 0.6 is 0 Å². The van der Waals surface area contributed by atoms with Gasteiger partial charge in [0.25, 0.3) is 0 Å². The number of nitrogens with zero attached hydrogens (tertiary/aromatic N) is 2. The molecule has 0 unspecified atom stereocenters. The highest BCUT2D eigenvalue weighted by Gasteiger charge is 2.32. The lowest BCUT2D eigenvalue weighted by Gasteiger charge is -2.23. The van der Waals surface area contributed by atoms with E-state index in [2.05, 4.69) is 0 Å². The van der Waals surface area contributed by atoms with Crippen molar-refractivity contribution in [3.63, 3.8) is 0 Å². The van der Waals surface area contributed by atoms with Crippen LogP contribution in [0.5, 0.6) is 0 Å². The fourth-order valence-electron chi connectivity index (χ4n) is 2.22. The molecule has 1 aliphatic heterocycles. The Labute approximate surface area is 83.8 Å². The van der Waals surface area contributed by atoms with Crippen LogP contribution < -0.4 is 0 Å². The van der Waals surface area contributed by atoms with E-state index in [0.29, 0.717) is 13.1 Å². The molecule has 2 rings (SSSR count). The Morgan fingerprint density at radius 3 is 2.29 bits per heavy atom. The van der Waals surface area contributed by atoms with Crippen molar-refractivity contribution in [1.82, 2.24) is 9.80 Å². The summed E-state index contributed by atoms with van der Waals surface area (Å²) in [6.07, 6.45) is 1.32. The summed E-state index contributed by atoms with van der Waals surface area (Å²) in [5.74, 6) is 0.